The summed E-state index contributed by atoms with van der Waals surface area (Å²) in [6.45, 7) is 1.90. The summed E-state index contributed by atoms with van der Waals surface area (Å²) in [4.78, 5) is 27.1. The molecule has 1 aliphatic rings. The van der Waals surface area contributed by atoms with Crippen molar-refractivity contribution in [3.05, 3.63) is 70.2 Å². The molecule has 9 heteroatoms. The van der Waals surface area contributed by atoms with Crippen molar-refractivity contribution < 1.29 is 24.5 Å². The highest BCUT2D eigenvalue weighted by atomic mass is 32.1. The number of carbonyl (C=O) groups excluding carboxylic acids is 2. The Labute approximate surface area is 175 Å². The van der Waals surface area contributed by atoms with Crippen LogP contribution in [-0.2, 0) is 9.59 Å². The number of anilines is 1. The number of methoxy groups -OCH3 is 1. The molecule has 0 saturated carbocycles. The van der Waals surface area contributed by atoms with Gasteiger partial charge in [0, 0.05) is 5.56 Å². The molecule has 4 rings (SSSR count). The van der Waals surface area contributed by atoms with Gasteiger partial charge >= 0.3 is 5.91 Å². The number of ether oxygens (including phenoxy) is 1. The third-order valence-electron chi connectivity index (χ3n) is 4.84. The molecule has 0 aliphatic carbocycles. The lowest BCUT2D eigenvalue weighted by Gasteiger charge is -2.23. The van der Waals surface area contributed by atoms with E-state index in [0.717, 1.165) is 16.9 Å². The summed E-state index contributed by atoms with van der Waals surface area (Å²) in [6.07, 6.45) is 0. The summed E-state index contributed by atoms with van der Waals surface area (Å²) in [7, 11) is 1.40. The molecule has 0 unspecified atom stereocenters. The third kappa shape index (κ3) is 3.18. The molecule has 1 fully saturated rings. The van der Waals surface area contributed by atoms with E-state index >= 15 is 0 Å². The van der Waals surface area contributed by atoms with E-state index in [9.17, 15) is 19.8 Å². The molecule has 2 aromatic carbocycles. The number of phenolic OH excluding ortho intramolecular Hbond substituents is 1. The first-order valence-corrected chi connectivity index (χ1v) is 9.81. The molecule has 0 radical (unpaired) electrons. The van der Waals surface area contributed by atoms with Crippen LogP contribution in [0.2, 0.25) is 0 Å². The monoisotopic (exact) mass is 423 g/mol. The average Bonchev–Trinajstić information content (AvgIpc) is 3.35. The molecule has 1 amide bonds. The molecular weight excluding hydrogens is 406 g/mol. The summed E-state index contributed by atoms with van der Waals surface area (Å²) >= 11 is 1.09. The first kappa shape index (κ1) is 19.6. The highest BCUT2D eigenvalue weighted by Crippen LogP contribution is 2.44. The van der Waals surface area contributed by atoms with E-state index in [0.29, 0.717) is 11.1 Å². The molecular formula is C21H17N3O5S. The topological polar surface area (TPSA) is 113 Å². The number of nitrogens with zero attached hydrogens (tertiary/aromatic N) is 3. The lowest BCUT2D eigenvalue weighted by atomic mass is 9.95. The average molecular weight is 423 g/mol. The first-order chi connectivity index (χ1) is 14.4. The first-order valence-electron chi connectivity index (χ1n) is 8.93. The minimum atomic E-state index is -0.964. The zero-order valence-corrected chi connectivity index (χ0v) is 16.9. The van der Waals surface area contributed by atoms with Crippen molar-refractivity contribution in [1.82, 2.24) is 10.2 Å². The summed E-state index contributed by atoms with van der Waals surface area (Å²) in [5.41, 5.74) is 3.23. The van der Waals surface area contributed by atoms with Crippen molar-refractivity contribution in [2.45, 2.75) is 13.0 Å². The van der Waals surface area contributed by atoms with Crippen LogP contribution in [0.5, 0.6) is 11.5 Å². The van der Waals surface area contributed by atoms with Crippen molar-refractivity contribution in [3.63, 3.8) is 0 Å². The molecule has 152 valence electrons. The van der Waals surface area contributed by atoms with E-state index in [1.54, 1.807) is 30.3 Å². The van der Waals surface area contributed by atoms with Crippen LogP contribution in [0.15, 0.2) is 53.5 Å². The fraction of sp³-hybridized carbons (Fsp3) is 0.143. The number of phenols is 1. The zero-order chi connectivity index (χ0) is 21.4. The van der Waals surface area contributed by atoms with E-state index in [1.807, 2.05) is 6.92 Å². The molecule has 30 heavy (non-hydrogen) atoms. The molecule has 0 bridgehead atoms. The van der Waals surface area contributed by atoms with Crippen LogP contribution >= 0.6 is 11.3 Å². The van der Waals surface area contributed by atoms with Crippen molar-refractivity contribution >= 4 is 33.9 Å². The van der Waals surface area contributed by atoms with E-state index in [1.165, 1.54) is 29.7 Å². The predicted octanol–water partition coefficient (Wildman–Crippen LogP) is 3.19. The van der Waals surface area contributed by atoms with E-state index in [4.69, 9.17) is 4.74 Å². The standard InChI is InChI=1S/C21H17N3O5S/c1-11-3-5-12(6-4-11)18(26)16-17(13-7-8-14(25)15(9-13)29-2)24(20(28)19(16)27)21-23-22-10-30-21/h3-10,17,25-26H,1-2H3/t17-/m1/s1. The number of aliphatic hydroxyl groups excluding tert-OH is 1. The predicted molar refractivity (Wildman–Crippen MR) is 111 cm³/mol. The van der Waals surface area contributed by atoms with Gasteiger partial charge in [0.1, 0.15) is 11.3 Å². The SMILES string of the molecule is COc1cc([C@@H]2C(=C(O)c3ccc(C)cc3)C(=O)C(=O)N2c2nncs2)ccc1O. The van der Waals surface area contributed by atoms with Gasteiger partial charge in [-0.1, -0.05) is 47.2 Å². The lowest BCUT2D eigenvalue weighted by molar-refractivity contribution is -0.132. The number of aryl methyl sites for hydroxylation is 1. The van der Waals surface area contributed by atoms with Crippen molar-refractivity contribution in [3.8, 4) is 11.5 Å². The zero-order valence-electron chi connectivity index (χ0n) is 16.1. The second-order valence-corrected chi connectivity index (χ2v) is 7.50. The van der Waals surface area contributed by atoms with Crippen LogP contribution in [-0.4, -0.2) is 39.2 Å². The van der Waals surface area contributed by atoms with E-state index in [-0.39, 0.29) is 28.0 Å². The Morgan fingerprint density at radius 2 is 1.90 bits per heavy atom. The molecule has 1 saturated heterocycles. The Morgan fingerprint density at radius 1 is 1.17 bits per heavy atom. The van der Waals surface area contributed by atoms with E-state index in [2.05, 4.69) is 10.2 Å². The molecule has 1 atom stereocenters. The van der Waals surface area contributed by atoms with Gasteiger partial charge in [-0.3, -0.25) is 14.5 Å². The highest BCUT2D eigenvalue weighted by Gasteiger charge is 2.48. The maximum absolute atomic E-state index is 13.0. The number of amides is 1. The fourth-order valence-electron chi connectivity index (χ4n) is 3.35. The van der Waals surface area contributed by atoms with Gasteiger partial charge < -0.3 is 14.9 Å². The number of benzene rings is 2. The van der Waals surface area contributed by atoms with Gasteiger partial charge in [-0.05, 0) is 24.6 Å². The van der Waals surface area contributed by atoms with Gasteiger partial charge in [-0.25, -0.2) is 0 Å². The number of aliphatic hydroxyl groups is 1. The van der Waals surface area contributed by atoms with Crippen LogP contribution in [0.4, 0.5) is 5.13 Å². The molecule has 0 spiro atoms. The van der Waals surface area contributed by atoms with Gasteiger partial charge in [-0.2, -0.15) is 0 Å². The number of aromatic nitrogens is 2. The molecule has 8 nitrogen and oxygen atoms in total. The summed E-state index contributed by atoms with van der Waals surface area (Å²) in [5.74, 6) is -1.87. The Morgan fingerprint density at radius 3 is 2.53 bits per heavy atom. The molecule has 2 heterocycles. The Hall–Kier alpha value is -3.72. The summed E-state index contributed by atoms with van der Waals surface area (Å²) < 4.78 is 5.18. The lowest BCUT2D eigenvalue weighted by Crippen LogP contribution is -2.29. The number of Topliss-reactive ketones (excluding diaryl/α,β-unsaturated/α-hetero) is 1. The van der Waals surface area contributed by atoms with Gasteiger partial charge in [0.05, 0.1) is 18.7 Å². The summed E-state index contributed by atoms with van der Waals surface area (Å²) in [5, 5.41) is 28.9. The van der Waals surface area contributed by atoms with Gasteiger partial charge in [0.15, 0.2) is 11.5 Å². The van der Waals surface area contributed by atoms with Crippen molar-refractivity contribution in [2.24, 2.45) is 0 Å². The third-order valence-corrected chi connectivity index (χ3v) is 5.53. The van der Waals surface area contributed by atoms with Crippen LogP contribution in [0.25, 0.3) is 5.76 Å². The quantitative estimate of drug-likeness (QED) is 0.376. The summed E-state index contributed by atoms with van der Waals surface area (Å²) in [6, 6.07) is 10.5. The maximum atomic E-state index is 13.0. The fourth-order valence-corrected chi connectivity index (χ4v) is 3.93. The Balaban J connectivity index is 1.95. The number of carbonyl (C=O) groups is 2. The largest absolute Gasteiger partial charge is 0.507 e. The maximum Gasteiger partial charge on any atom is 0.301 e. The van der Waals surface area contributed by atoms with Crippen LogP contribution in [0.1, 0.15) is 22.7 Å². The van der Waals surface area contributed by atoms with Crippen LogP contribution in [0, 0.1) is 6.92 Å². The minimum absolute atomic E-state index is 0.0770. The van der Waals surface area contributed by atoms with Gasteiger partial charge in [0.25, 0.3) is 5.78 Å². The van der Waals surface area contributed by atoms with Crippen LogP contribution in [0.3, 0.4) is 0 Å². The molecule has 1 aromatic heterocycles. The normalized spacial score (nSPS) is 18.1. The Bertz CT molecular complexity index is 1160. The van der Waals surface area contributed by atoms with Gasteiger partial charge in [-0.15, -0.1) is 10.2 Å². The smallest absolute Gasteiger partial charge is 0.301 e. The Kier molecular flexibility index (Phi) is 4.96. The van der Waals surface area contributed by atoms with Crippen LogP contribution < -0.4 is 9.64 Å². The molecule has 1 aliphatic heterocycles. The highest BCUT2D eigenvalue weighted by molar-refractivity contribution is 7.13. The molecule has 3 aromatic rings. The van der Waals surface area contributed by atoms with Gasteiger partial charge in [0.2, 0.25) is 5.13 Å². The van der Waals surface area contributed by atoms with E-state index < -0.39 is 17.7 Å². The van der Waals surface area contributed by atoms with Crippen molar-refractivity contribution in [1.29, 1.82) is 0 Å². The second kappa shape index (κ2) is 7.60. The minimum Gasteiger partial charge on any atom is -0.507 e. The number of ketones is 1. The van der Waals surface area contributed by atoms with Crippen molar-refractivity contribution in [2.75, 3.05) is 12.0 Å². The number of hydrogen-bond donors (Lipinski definition) is 2. The second-order valence-electron chi connectivity index (χ2n) is 6.69. The number of hydrogen-bond acceptors (Lipinski definition) is 8. The molecule has 2 N–H and O–H groups in total. The number of rotatable bonds is 4. The number of aromatic hydroxyl groups is 1.